The second-order valence-electron chi connectivity index (χ2n) is 4.11. The van der Waals surface area contributed by atoms with Gasteiger partial charge in [0.05, 0.1) is 14.4 Å². The van der Waals surface area contributed by atoms with E-state index in [2.05, 4.69) is 26.5 Å². The number of carbonyl (C=O) groups is 1. The standard InChI is InChI=1S/C13H11BrN2O4S/c1-6(10-2-3-11(14)21-10)15-16-13(20)7-4-8(17)12(19)9(18)5-7/h2-5,17-19H,1H3,(H,16,20). The van der Waals surface area contributed by atoms with Crippen LogP contribution in [0, 0.1) is 0 Å². The van der Waals surface area contributed by atoms with Crippen LogP contribution in [0.25, 0.3) is 0 Å². The van der Waals surface area contributed by atoms with Crippen molar-refractivity contribution in [3.05, 3.63) is 38.5 Å². The summed E-state index contributed by atoms with van der Waals surface area (Å²) < 4.78 is 0.951. The zero-order valence-electron chi connectivity index (χ0n) is 10.8. The van der Waals surface area contributed by atoms with E-state index < -0.39 is 23.2 Å². The molecule has 0 fully saturated rings. The second-order valence-corrected chi connectivity index (χ2v) is 6.57. The maximum absolute atomic E-state index is 11.9. The molecule has 0 saturated heterocycles. The Morgan fingerprint density at radius 2 is 1.86 bits per heavy atom. The summed E-state index contributed by atoms with van der Waals surface area (Å²) in [7, 11) is 0. The summed E-state index contributed by atoms with van der Waals surface area (Å²) >= 11 is 4.81. The Hall–Kier alpha value is -2.06. The molecular formula is C13H11BrN2O4S. The fourth-order valence-electron chi connectivity index (χ4n) is 1.50. The molecular weight excluding hydrogens is 360 g/mol. The summed E-state index contributed by atoms with van der Waals surface area (Å²) in [6.07, 6.45) is 0. The van der Waals surface area contributed by atoms with Gasteiger partial charge in [-0.3, -0.25) is 4.79 Å². The summed E-state index contributed by atoms with van der Waals surface area (Å²) in [5.41, 5.74) is 2.91. The fourth-order valence-corrected chi connectivity index (χ4v) is 2.83. The largest absolute Gasteiger partial charge is 0.504 e. The van der Waals surface area contributed by atoms with Crippen molar-refractivity contribution in [2.24, 2.45) is 5.10 Å². The number of thiophene rings is 1. The maximum atomic E-state index is 11.9. The average molecular weight is 371 g/mol. The minimum Gasteiger partial charge on any atom is -0.504 e. The smallest absolute Gasteiger partial charge is 0.271 e. The first-order valence-electron chi connectivity index (χ1n) is 5.73. The van der Waals surface area contributed by atoms with Gasteiger partial charge in [-0.05, 0) is 47.1 Å². The summed E-state index contributed by atoms with van der Waals surface area (Å²) in [5, 5.41) is 31.9. The molecule has 1 heterocycles. The van der Waals surface area contributed by atoms with Crippen molar-refractivity contribution in [1.29, 1.82) is 0 Å². The van der Waals surface area contributed by atoms with Crippen LogP contribution in [-0.2, 0) is 0 Å². The molecule has 0 atom stereocenters. The Kier molecular flexibility index (Phi) is 4.49. The number of nitrogens with one attached hydrogen (secondary N) is 1. The quantitative estimate of drug-likeness (QED) is 0.379. The normalized spacial score (nSPS) is 11.4. The fraction of sp³-hybridized carbons (Fsp3) is 0.0769. The summed E-state index contributed by atoms with van der Waals surface area (Å²) in [5.74, 6) is -2.45. The van der Waals surface area contributed by atoms with Crippen LogP contribution in [0.3, 0.4) is 0 Å². The zero-order chi connectivity index (χ0) is 15.6. The number of benzene rings is 1. The van der Waals surface area contributed by atoms with Crippen molar-refractivity contribution in [2.45, 2.75) is 6.92 Å². The number of aromatic hydroxyl groups is 3. The molecule has 0 spiro atoms. The first kappa shape index (κ1) is 15.3. The minimum atomic E-state index is -0.672. The van der Waals surface area contributed by atoms with Gasteiger partial charge in [0.25, 0.3) is 5.91 Å². The Bertz CT molecular complexity index is 704. The molecule has 2 rings (SSSR count). The monoisotopic (exact) mass is 370 g/mol. The van der Waals surface area contributed by atoms with Crippen LogP contribution in [-0.4, -0.2) is 26.9 Å². The Morgan fingerprint density at radius 1 is 1.24 bits per heavy atom. The molecule has 1 aromatic heterocycles. The molecule has 0 aliphatic carbocycles. The second kappa shape index (κ2) is 6.15. The van der Waals surface area contributed by atoms with Crippen molar-refractivity contribution < 1.29 is 20.1 Å². The molecule has 0 saturated carbocycles. The third kappa shape index (κ3) is 3.53. The number of hydrazone groups is 1. The highest BCUT2D eigenvalue weighted by Crippen LogP contribution is 2.35. The van der Waals surface area contributed by atoms with E-state index in [1.165, 1.54) is 11.3 Å². The lowest BCUT2D eigenvalue weighted by atomic mass is 10.2. The molecule has 4 N–H and O–H groups in total. The minimum absolute atomic E-state index is 0.0216. The summed E-state index contributed by atoms with van der Waals surface area (Å²) in [6, 6.07) is 5.81. The number of rotatable bonds is 3. The van der Waals surface area contributed by atoms with Gasteiger partial charge in [0.2, 0.25) is 0 Å². The van der Waals surface area contributed by atoms with E-state index in [-0.39, 0.29) is 5.56 Å². The van der Waals surface area contributed by atoms with E-state index in [0.717, 1.165) is 20.8 Å². The average Bonchev–Trinajstić information content (AvgIpc) is 2.87. The Labute approximate surface area is 132 Å². The predicted octanol–water partition coefficient (Wildman–Crippen LogP) is 2.78. The van der Waals surface area contributed by atoms with Crippen LogP contribution >= 0.6 is 27.3 Å². The molecule has 6 nitrogen and oxygen atoms in total. The molecule has 21 heavy (non-hydrogen) atoms. The number of phenols is 3. The van der Waals surface area contributed by atoms with Crippen LogP contribution in [0.15, 0.2) is 33.2 Å². The molecule has 8 heteroatoms. The number of nitrogens with zero attached hydrogens (tertiary/aromatic N) is 1. The van der Waals surface area contributed by atoms with Crippen LogP contribution in [0.1, 0.15) is 22.2 Å². The molecule has 2 aromatic rings. The van der Waals surface area contributed by atoms with Crippen molar-refractivity contribution in [3.63, 3.8) is 0 Å². The van der Waals surface area contributed by atoms with Crippen LogP contribution in [0.4, 0.5) is 0 Å². The van der Waals surface area contributed by atoms with Gasteiger partial charge in [-0.15, -0.1) is 11.3 Å². The van der Waals surface area contributed by atoms with Crippen LogP contribution in [0.2, 0.25) is 0 Å². The van der Waals surface area contributed by atoms with Gasteiger partial charge in [-0.1, -0.05) is 0 Å². The Balaban J connectivity index is 2.15. The lowest BCUT2D eigenvalue weighted by Gasteiger charge is -2.05. The van der Waals surface area contributed by atoms with Gasteiger partial charge >= 0.3 is 0 Å². The van der Waals surface area contributed by atoms with Gasteiger partial charge in [0.15, 0.2) is 17.2 Å². The van der Waals surface area contributed by atoms with E-state index >= 15 is 0 Å². The number of amides is 1. The highest BCUT2D eigenvalue weighted by Gasteiger charge is 2.13. The van der Waals surface area contributed by atoms with E-state index in [1.54, 1.807) is 6.92 Å². The van der Waals surface area contributed by atoms with E-state index in [9.17, 15) is 20.1 Å². The molecule has 0 unspecified atom stereocenters. The van der Waals surface area contributed by atoms with Crippen LogP contribution in [0.5, 0.6) is 17.2 Å². The predicted molar refractivity (Wildman–Crippen MR) is 83.1 cm³/mol. The van der Waals surface area contributed by atoms with E-state index in [0.29, 0.717) is 5.71 Å². The van der Waals surface area contributed by atoms with Gasteiger partial charge < -0.3 is 15.3 Å². The molecule has 0 aliphatic heterocycles. The lowest BCUT2D eigenvalue weighted by Crippen LogP contribution is -2.19. The van der Waals surface area contributed by atoms with Gasteiger partial charge in [-0.25, -0.2) is 5.43 Å². The van der Waals surface area contributed by atoms with Crippen molar-refractivity contribution in [2.75, 3.05) is 0 Å². The van der Waals surface area contributed by atoms with Gasteiger partial charge in [0, 0.05) is 5.56 Å². The highest BCUT2D eigenvalue weighted by atomic mass is 79.9. The molecule has 0 radical (unpaired) electrons. The third-order valence-electron chi connectivity index (χ3n) is 2.59. The van der Waals surface area contributed by atoms with Gasteiger partial charge in [0.1, 0.15) is 0 Å². The van der Waals surface area contributed by atoms with Crippen molar-refractivity contribution in [1.82, 2.24) is 5.43 Å². The summed E-state index contributed by atoms with van der Waals surface area (Å²) in [6.45, 7) is 1.74. The maximum Gasteiger partial charge on any atom is 0.271 e. The molecule has 110 valence electrons. The van der Waals surface area contributed by atoms with E-state index in [1.807, 2.05) is 12.1 Å². The number of hydrogen-bond donors (Lipinski definition) is 4. The van der Waals surface area contributed by atoms with Crippen molar-refractivity contribution in [3.8, 4) is 17.2 Å². The lowest BCUT2D eigenvalue weighted by molar-refractivity contribution is 0.0954. The number of hydrogen-bond acceptors (Lipinski definition) is 6. The highest BCUT2D eigenvalue weighted by molar-refractivity contribution is 9.11. The topological polar surface area (TPSA) is 102 Å². The number of halogens is 1. The summed E-state index contributed by atoms with van der Waals surface area (Å²) in [4.78, 5) is 12.8. The first-order valence-corrected chi connectivity index (χ1v) is 7.34. The SMILES string of the molecule is CC(=NNC(=O)c1cc(O)c(O)c(O)c1)c1ccc(Br)s1. The molecule has 1 amide bonds. The van der Waals surface area contributed by atoms with Crippen molar-refractivity contribution >= 4 is 38.9 Å². The zero-order valence-corrected chi connectivity index (χ0v) is 13.2. The Morgan fingerprint density at radius 3 is 2.38 bits per heavy atom. The van der Waals surface area contributed by atoms with Gasteiger partial charge in [-0.2, -0.15) is 5.10 Å². The van der Waals surface area contributed by atoms with E-state index in [4.69, 9.17) is 0 Å². The molecule has 0 aliphatic rings. The van der Waals surface area contributed by atoms with Crippen LogP contribution < -0.4 is 5.43 Å². The molecule has 0 bridgehead atoms. The first-order chi connectivity index (χ1) is 9.88. The number of phenolic OH excluding ortho intramolecular Hbond substituents is 3. The molecule has 1 aromatic carbocycles. The number of carbonyl (C=O) groups excluding carboxylic acids is 1. The third-order valence-corrected chi connectivity index (χ3v) is 4.32.